The zero-order valence-corrected chi connectivity index (χ0v) is 19.1. The van der Waals surface area contributed by atoms with Crippen molar-refractivity contribution in [3.05, 3.63) is 12.2 Å². The van der Waals surface area contributed by atoms with Crippen molar-refractivity contribution in [1.29, 1.82) is 0 Å². The van der Waals surface area contributed by atoms with E-state index in [0.717, 1.165) is 12.8 Å². The molecule has 0 radical (unpaired) electrons. The summed E-state index contributed by atoms with van der Waals surface area (Å²) in [5, 5.41) is 0. The molecule has 8 rings (SSSR count). The molecule has 0 aromatic rings. The number of rotatable bonds is 0. The monoisotopic (exact) mass is 428 g/mol. The van der Waals surface area contributed by atoms with Crippen molar-refractivity contribution in [3.63, 3.8) is 0 Å². The Labute approximate surface area is 183 Å². The Morgan fingerprint density at radius 1 is 1.00 bits per heavy atom. The number of hydrogen-bond donors (Lipinski definition) is 0. The molecule has 31 heavy (non-hydrogen) atoms. The second-order valence-electron chi connectivity index (χ2n) is 12.4. The van der Waals surface area contributed by atoms with Gasteiger partial charge < -0.3 is 14.2 Å². The van der Waals surface area contributed by atoms with Crippen LogP contribution >= 0.6 is 0 Å². The van der Waals surface area contributed by atoms with E-state index in [1.54, 1.807) is 6.08 Å². The molecule has 3 saturated carbocycles. The first-order chi connectivity index (χ1) is 14.3. The van der Waals surface area contributed by atoms with E-state index in [-0.39, 0.29) is 47.5 Å². The van der Waals surface area contributed by atoms with Crippen molar-refractivity contribution in [2.75, 3.05) is 6.61 Å². The summed E-state index contributed by atoms with van der Waals surface area (Å²) in [4.78, 5) is 39.2. The molecule has 8 atom stereocenters. The van der Waals surface area contributed by atoms with E-state index in [9.17, 15) is 14.4 Å². The molecule has 4 saturated heterocycles. The van der Waals surface area contributed by atoms with E-state index in [0.29, 0.717) is 19.3 Å². The summed E-state index contributed by atoms with van der Waals surface area (Å²) < 4.78 is 18.5. The number of ether oxygens (including phenoxy) is 3. The highest BCUT2D eigenvalue weighted by Gasteiger charge is 2.81. The molecule has 5 aliphatic heterocycles. The van der Waals surface area contributed by atoms with Crippen LogP contribution in [0.4, 0.5) is 0 Å². The van der Waals surface area contributed by atoms with Gasteiger partial charge in [-0.25, -0.2) is 4.79 Å². The molecule has 5 heterocycles. The van der Waals surface area contributed by atoms with Gasteiger partial charge in [-0.1, -0.05) is 19.9 Å². The Morgan fingerprint density at radius 3 is 2.48 bits per heavy atom. The Bertz CT molecular complexity index is 967. The fourth-order valence-corrected chi connectivity index (χ4v) is 9.23. The van der Waals surface area contributed by atoms with Crippen molar-refractivity contribution in [3.8, 4) is 0 Å². The predicted molar refractivity (Wildman–Crippen MR) is 110 cm³/mol. The lowest BCUT2D eigenvalue weighted by molar-refractivity contribution is -0.300. The van der Waals surface area contributed by atoms with Crippen LogP contribution in [0.25, 0.3) is 0 Å². The molecule has 7 fully saturated rings. The van der Waals surface area contributed by atoms with Crippen molar-refractivity contribution in [1.82, 2.24) is 0 Å². The largest absolute Gasteiger partial charge is 0.462 e. The average molecular weight is 429 g/mol. The number of Topliss-reactive ketones (excluding diaryl/α,β-unsaturated/α-hetero) is 1. The first-order valence-corrected chi connectivity index (χ1v) is 11.7. The molecule has 0 aromatic heterocycles. The first-order valence-electron chi connectivity index (χ1n) is 11.7. The SMILES string of the molecule is CC1(C)OC(=O)C=C[C@]2(C)[C@@H]3C[C@@]4(C)C(=O)[C@]5(C)C[C@@H]6C(=O)OC[C@@]64O[C@@]3(CC[C@@H]12)C5. The number of ketones is 1. The number of cyclic esters (lactones) is 2. The van der Waals surface area contributed by atoms with Gasteiger partial charge in [-0.05, 0) is 64.2 Å². The molecule has 3 aliphatic carbocycles. The van der Waals surface area contributed by atoms with E-state index in [2.05, 4.69) is 6.92 Å². The third-order valence-electron chi connectivity index (χ3n) is 10.4. The summed E-state index contributed by atoms with van der Waals surface area (Å²) >= 11 is 0. The smallest absolute Gasteiger partial charge is 0.330 e. The van der Waals surface area contributed by atoms with Gasteiger partial charge >= 0.3 is 11.9 Å². The highest BCUT2D eigenvalue weighted by atomic mass is 16.6. The molecule has 0 aromatic carbocycles. The van der Waals surface area contributed by atoms with Gasteiger partial charge in [0.15, 0.2) is 0 Å². The van der Waals surface area contributed by atoms with Crippen LogP contribution in [0.3, 0.4) is 0 Å². The molecule has 0 N–H and O–H groups in total. The summed E-state index contributed by atoms with van der Waals surface area (Å²) in [7, 11) is 0. The van der Waals surface area contributed by atoms with E-state index in [1.807, 2.05) is 33.8 Å². The van der Waals surface area contributed by atoms with E-state index in [1.165, 1.54) is 0 Å². The molecule has 8 aliphatic rings. The summed E-state index contributed by atoms with van der Waals surface area (Å²) in [6, 6.07) is 0. The summed E-state index contributed by atoms with van der Waals surface area (Å²) in [5.41, 5.74) is -3.73. The van der Waals surface area contributed by atoms with Gasteiger partial charge in [0.05, 0.1) is 16.9 Å². The second kappa shape index (κ2) is 5.27. The Balaban J connectivity index is 1.57. The van der Waals surface area contributed by atoms with Gasteiger partial charge in [0, 0.05) is 17.4 Å². The third kappa shape index (κ3) is 2.03. The number of fused-ring (bicyclic) bond motifs is 1. The maximum absolute atomic E-state index is 14.1. The second-order valence-corrected chi connectivity index (χ2v) is 12.4. The van der Waals surface area contributed by atoms with Gasteiger partial charge in [0.1, 0.15) is 23.6 Å². The lowest BCUT2D eigenvalue weighted by atomic mass is 9.46. The minimum absolute atomic E-state index is 0.0552. The molecule has 6 heteroatoms. The zero-order chi connectivity index (χ0) is 22.2. The summed E-state index contributed by atoms with van der Waals surface area (Å²) in [6.45, 7) is 10.5. The molecule has 168 valence electrons. The minimum atomic E-state index is -0.868. The lowest BCUT2D eigenvalue weighted by Gasteiger charge is -2.65. The number of hydrogen-bond acceptors (Lipinski definition) is 6. The molecule has 0 unspecified atom stereocenters. The van der Waals surface area contributed by atoms with Crippen molar-refractivity contribution < 1.29 is 28.6 Å². The van der Waals surface area contributed by atoms with Crippen LogP contribution in [0.1, 0.15) is 66.7 Å². The van der Waals surface area contributed by atoms with Crippen LogP contribution in [-0.2, 0) is 28.6 Å². The number of carbonyl (C=O) groups is 3. The summed E-state index contributed by atoms with van der Waals surface area (Å²) in [5.74, 6) is -0.492. The van der Waals surface area contributed by atoms with Crippen LogP contribution in [0.5, 0.6) is 0 Å². The van der Waals surface area contributed by atoms with E-state index >= 15 is 0 Å². The number of carbonyl (C=O) groups excluding carboxylic acids is 3. The van der Waals surface area contributed by atoms with Crippen LogP contribution in [0.15, 0.2) is 12.2 Å². The van der Waals surface area contributed by atoms with Gasteiger partial charge in [0.2, 0.25) is 0 Å². The van der Waals surface area contributed by atoms with Crippen LogP contribution < -0.4 is 0 Å². The highest BCUT2D eigenvalue weighted by Crippen LogP contribution is 2.74. The molecule has 4 bridgehead atoms. The van der Waals surface area contributed by atoms with Crippen molar-refractivity contribution in [2.45, 2.75) is 83.5 Å². The topological polar surface area (TPSA) is 78.9 Å². The zero-order valence-electron chi connectivity index (χ0n) is 19.1. The van der Waals surface area contributed by atoms with Crippen LogP contribution in [0, 0.1) is 34.0 Å². The molecular formula is C25H32O6. The van der Waals surface area contributed by atoms with Crippen molar-refractivity contribution in [2.24, 2.45) is 34.0 Å². The minimum Gasteiger partial charge on any atom is -0.462 e. The van der Waals surface area contributed by atoms with Gasteiger partial charge in [-0.2, -0.15) is 0 Å². The molecule has 0 amide bonds. The summed E-state index contributed by atoms with van der Waals surface area (Å²) in [6.07, 6.45) is 7.05. The molecular weight excluding hydrogens is 396 g/mol. The van der Waals surface area contributed by atoms with Gasteiger partial charge in [-0.15, -0.1) is 0 Å². The average Bonchev–Trinajstić information content (AvgIpc) is 2.80. The lowest BCUT2D eigenvalue weighted by Crippen LogP contribution is -2.71. The Hall–Kier alpha value is -1.69. The third-order valence-corrected chi connectivity index (χ3v) is 10.4. The maximum Gasteiger partial charge on any atom is 0.330 e. The van der Waals surface area contributed by atoms with E-state index < -0.39 is 27.6 Å². The number of esters is 2. The first kappa shape index (κ1) is 20.0. The van der Waals surface area contributed by atoms with Crippen LogP contribution in [-0.4, -0.2) is 41.1 Å². The Kier molecular flexibility index (Phi) is 3.39. The number of allylic oxidation sites excluding steroid dienone is 1. The van der Waals surface area contributed by atoms with E-state index in [4.69, 9.17) is 14.2 Å². The fraction of sp³-hybridized carbons (Fsp3) is 0.800. The fourth-order valence-electron chi connectivity index (χ4n) is 9.23. The highest BCUT2D eigenvalue weighted by molar-refractivity contribution is 5.96. The predicted octanol–water partition coefficient (Wildman–Crippen LogP) is 3.37. The van der Waals surface area contributed by atoms with Crippen molar-refractivity contribution >= 4 is 17.7 Å². The van der Waals surface area contributed by atoms with Crippen LogP contribution in [0.2, 0.25) is 0 Å². The van der Waals surface area contributed by atoms with Gasteiger partial charge in [0.25, 0.3) is 0 Å². The maximum atomic E-state index is 14.1. The normalized spacial score (nSPS) is 56.2. The standard InChI is InChI=1S/C25H32O6/c1-20(2)15-6-9-24-12-21(3)10-14-18(27)29-13-25(14,31-24)23(5,19(21)28)11-16(24)22(15,4)8-7-17(26)30-20/h7-8,14-16H,6,9-13H2,1-5H3/t14-,15+,16+,21-,22+,23+,24+,25-/m1/s1. The molecule has 6 nitrogen and oxygen atoms in total. The van der Waals surface area contributed by atoms with Gasteiger partial charge in [-0.3, -0.25) is 9.59 Å². The Morgan fingerprint density at radius 2 is 1.74 bits per heavy atom. The quantitative estimate of drug-likeness (QED) is 0.551. The molecule has 2 spiro atoms.